The second-order valence-electron chi connectivity index (χ2n) is 7.25. The number of rotatable bonds is 6. The zero-order chi connectivity index (χ0) is 14.6. The van der Waals surface area contributed by atoms with Gasteiger partial charge in [-0.3, -0.25) is 4.90 Å². The molecule has 0 aromatic carbocycles. The Morgan fingerprint density at radius 1 is 1.20 bits per heavy atom. The van der Waals surface area contributed by atoms with Crippen LogP contribution in [0.5, 0.6) is 0 Å². The van der Waals surface area contributed by atoms with Crippen LogP contribution < -0.4 is 5.73 Å². The van der Waals surface area contributed by atoms with E-state index in [0.717, 1.165) is 19.0 Å². The highest BCUT2D eigenvalue weighted by atomic mass is 15.2. The summed E-state index contributed by atoms with van der Waals surface area (Å²) in [7, 11) is 0. The van der Waals surface area contributed by atoms with Gasteiger partial charge in [-0.1, -0.05) is 13.3 Å². The van der Waals surface area contributed by atoms with Gasteiger partial charge in [-0.05, 0) is 65.0 Å². The lowest BCUT2D eigenvalue weighted by molar-refractivity contribution is 0.0504. The fourth-order valence-corrected chi connectivity index (χ4v) is 4.01. The second-order valence-corrected chi connectivity index (χ2v) is 7.25. The maximum Gasteiger partial charge on any atom is 0.0344 e. The number of nitrogens with zero attached hydrogens (tertiary/aromatic N) is 2. The van der Waals surface area contributed by atoms with E-state index in [-0.39, 0.29) is 5.54 Å². The Kier molecular flexibility index (Phi) is 5.88. The molecule has 0 bridgehead atoms. The number of nitrogens with two attached hydrogens (primary N) is 1. The lowest BCUT2D eigenvalue weighted by Crippen LogP contribution is -2.56. The van der Waals surface area contributed by atoms with Crippen LogP contribution in [0, 0.1) is 5.92 Å². The van der Waals surface area contributed by atoms with E-state index in [9.17, 15) is 0 Å². The largest absolute Gasteiger partial charge is 0.329 e. The summed E-state index contributed by atoms with van der Waals surface area (Å²) in [6.07, 6.45) is 8.16. The van der Waals surface area contributed by atoms with Crippen LogP contribution in [0.2, 0.25) is 0 Å². The van der Waals surface area contributed by atoms with Crippen molar-refractivity contribution in [3.05, 3.63) is 0 Å². The molecule has 2 fully saturated rings. The minimum Gasteiger partial charge on any atom is -0.329 e. The quantitative estimate of drug-likeness (QED) is 0.812. The molecule has 3 heteroatoms. The summed E-state index contributed by atoms with van der Waals surface area (Å²) in [6.45, 7) is 12.7. The monoisotopic (exact) mass is 281 g/mol. The molecule has 0 radical (unpaired) electrons. The van der Waals surface area contributed by atoms with Crippen LogP contribution in [0.3, 0.4) is 0 Å². The van der Waals surface area contributed by atoms with E-state index < -0.39 is 0 Å². The van der Waals surface area contributed by atoms with Gasteiger partial charge in [0.2, 0.25) is 0 Å². The Bertz CT molecular complexity index is 288. The first kappa shape index (κ1) is 16.3. The van der Waals surface area contributed by atoms with Crippen LogP contribution in [0.25, 0.3) is 0 Å². The number of likely N-dealkylation sites (tertiary alicyclic amines) is 1. The molecule has 0 amide bonds. The predicted molar refractivity (Wildman–Crippen MR) is 86.9 cm³/mol. The first-order valence-electron chi connectivity index (χ1n) is 8.80. The van der Waals surface area contributed by atoms with Gasteiger partial charge in [-0.15, -0.1) is 0 Å². The molecule has 1 aliphatic carbocycles. The predicted octanol–water partition coefficient (Wildman–Crippen LogP) is 2.70. The lowest BCUT2D eigenvalue weighted by Gasteiger charge is -2.45. The Morgan fingerprint density at radius 3 is 2.45 bits per heavy atom. The van der Waals surface area contributed by atoms with E-state index in [1.807, 2.05) is 0 Å². The maximum atomic E-state index is 6.28. The molecule has 1 unspecified atom stereocenters. The van der Waals surface area contributed by atoms with E-state index in [1.165, 1.54) is 58.2 Å². The molecule has 1 heterocycles. The maximum absolute atomic E-state index is 6.28. The summed E-state index contributed by atoms with van der Waals surface area (Å²) >= 11 is 0. The van der Waals surface area contributed by atoms with Crippen molar-refractivity contribution in [3.8, 4) is 0 Å². The number of hydrogen-bond acceptors (Lipinski definition) is 3. The summed E-state index contributed by atoms with van der Waals surface area (Å²) in [4.78, 5) is 5.37. The molecule has 2 rings (SSSR count). The molecule has 20 heavy (non-hydrogen) atoms. The molecule has 2 N–H and O–H groups in total. The highest BCUT2D eigenvalue weighted by Gasteiger charge is 2.38. The van der Waals surface area contributed by atoms with Crippen LogP contribution in [0.15, 0.2) is 0 Å². The molecule has 118 valence electrons. The van der Waals surface area contributed by atoms with Gasteiger partial charge in [0.1, 0.15) is 0 Å². The van der Waals surface area contributed by atoms with Crippen LogP contribution in [-0.4, -0.2) is 54.1 Å². The molecular weight excluding hydrogens is 246 g/mol. The van der Waals surface area contributed by atoms with E-state index in [1.54, 1.807) is 0 Å². The van der Waals surface area contributed by atoms with E-state index in [0.29, 0.717) is 6.04 Å². The van der Waals surface area contributed by atoms with Crippen molar-refractivity contribution < 1.29 is 0 Å². The average molecular weight is 281 g/mol. The zero-order valence-corrected chi connectivity index (χ0v) is 13.9. The molecule has 1 saturated heterocycles. The van der Waals surface area contributed by atoms with Crippen LogP contribution in [0.4, 0.5) is 0 Å². The third-order valence-electron chi connectivity index (χ3n) is 5.82. The topological polar surface area (TPSA) is 32.5 Å². The third-order valence-corrected chi connectivity index (χ3v) is 5.82. The lowest BCUT2D eigenvalue weighted by atomic mass is 9.82. The van der Waals surface area contributed by atoms with Gasteiger partial charge >= 0.3 is 0 Å². The molecule has 0 aromatic rings. The smallest absolute Gasteiger partial charge is 0.0344 e. The summed E-state index contributed by atoms with van der Waals surface area (Å²) in [5, 5.41) is 0. The minimum absolute atomic E-state index is 0.272. The molecule has 1 atom stereocenters. The Morgan fingerprint density at radius 2 is 1.95 bits per heavy atom. The fourth-order valence-electron chi connectivity index (χ4n) is 4.01. The standard InChI is InChI=1S/C17H35N3/c1-4-20(13-16-7-5-8-16)17(14-18)9-6-11-19(12-10-17)15(2)3/h15-16H,4-14,18H2,1-3H3. The number of likely N-dealkylation sites (N-methyl/N-ethyl adjacent to an activating group) is 1. The highest BCUT2D eigenvalue weighted by molar-refractivity contribution is 4.96. The van der Waals surface area contributed by atoms with Crippen molar-refractivity contribution in [2.24, 2.45) is 11.7 Å². The van der Waals surface area contributed by atoms with Gasteiger partial charge in [0.05, 0.1) is 0 Å². The second kappa shape index (κ2) is 7.24. The Balaban J connectivity index is 2.02. The first-order chi connectivity index (χ1) is 9.61. The normalized spacial score (nSPS) is 29.7. The van der Waals surface area contributed by atoms with Crippen molar-refractivity contribution in [1.29, 1.82) is 0 Å². The van der Waals surface area contributed by atoms with Crippen LogP contribution in [-0.2, 0) is 0 Å². The van der Waals surface area contributed by atoms with Crippen LogP contribution >= 0.6 is 0 Å². The first-order valence-corrected chi connectivity index (χ1v) is 8.80. The average Bonchev–Trinajstić information content (AvgIpc) is 2.61. The zero-order valence-electron chi connectivity index (χ0n) is 13.9. The van der Waals surface area contributed by atoms with Crippen molar-refractivity contribution in [2.45, 2.75) is 70.9 Å². The van der Waals surface area contributed by atoms with E-state index in [4.69, 9.17) is 5.73 Å². The van der Waals surface area contributed by atoms with Gasteiger partial charge in [0.25, 0.3) is 0 Å². The highest BCUT2D eigenvalue weighted by Crippen LogP contribution is 2.33. The number of hydrogen-bond donors (Lipinski definition) is 1. The summed E-state index contributed by atoms with van der Waals surface area (Å²) in [5.74, 6) is 0.947. The fraction of sp³-hybridized carbons (Fsp3) is 1.00. The van der Waals surface area contributed by atoms with Gasteiger partial charge in [-0.2, -0.15) is 0 Å². The van der Waals surface area contributed by atoms with Crippen molar-refractivity contribution in [3.63, 3.8) is 0 Å². The summed E-state index contributed by atoms with van der Waals surface area (Å²) in [6, 6.07) is 0.672. The van der Waals surface area contributed by atoms with Crippen molar-refractivity contribution in [2.75, 3.05) is 32.7 Å². The van der Waals surface area contributed by atoms with E-state index in [2.05, 4.69) is 30.6 Å². The molecule has 3 nitrogen and oxygen atoms in total. The van der Waals surface area contributed by atoms with Crippen molar-refractivity contribution in [1.82, 2.24) is 9.80 Å². The molecular formula is C17H35N3. The minimum atomic E-state index is 0.272. The van der Waals surface area contributed by atoms with Gasteiger partial charge in [0, 0.05) is 31.2 Å². The molecule has 1 saturated carbocycles. The SMILES string of the molecule is CCN(CC1CCC1)C1(CN)CCCN(C(C)C)CC1. The molecule has 0 aromatic heterocycles. The molecule has 0 spiro atoms. The van der Waals surface area contributed by atoms with Gasteiger partial charge in [0.15, 0.2) is 0 Å². The third kappa shape index (κ3) is 3.55. The Labute approximate surface area is 125 Å². The van der Waals surface area contributed by atoms with Crippen molar-refractivity contribution >= 4 is 0 Å². The summed E-state index contributed by atoms with van der Waals surface area (Å²) < 4.78 is 0. The molecule has 1 aliphatic heterocycles. The van der Waals surface area contributed by atoms with Crippen LogP contribution in [0.1, 0.15) is 59.3 Å². The van der Waals surface area contributed by atoms with Gasteiger partial charge < -0.3 is 10.6 Å². The summed E-state index contributed by atoms with van der Waals surface area (Å²) in [5.41, 5.74) is 6.55. The Hall–Kier alpha value is -0.120. The van der Waals surface area contributed by atoms with E-state index >= 15 is 0 Å². The molecule has 2 aliphatic rings. The van der Waals surface area contributed by atoms with Gasteiger partial charge in [-0.25, -0.2) is 0 Å².